The van der Waals surface area contributed by atoms with Crippen LogP contribution in [0.3, 0.4) is 0 Å². The van der Waals surface area contributed by atoms with Gasteiger partial charge in [-0.2, -0.15) is 0 Å². The molecule has 2 rings (SSSR count). The lowest BCUT2D eigenvalue weighted by Gasteiger charge is -2.31. The first-order valence-electron chi connectivity index (χ1n) is 7.49. The minimum atomic E-state index is -0.107. The van der Waals surface area contributed by atoms with E-state index in [9.17, 15) is 4.79 Å². The molecule has 0 aromatic carbocycles. The van der Waals surface area contributed by atoms with Gasteiger partial charge >= 0.3 is 0 Å². The molecule has 0 radical (unpaired) electrons. The topological polar surface area (TPSA) is 58.1 Å². The van der Waals surface area contributed by atoms with Gasteiger partial charge in [0.2, 0.25) is 0 Å². The maximum atomic E-state index is 12.0. The van der Waals surface area contributed by atoms with E-state index < -0.39 is 0 Å². The molecule has 0 bridgehead atoms. The van der Waals surface area contributed by atoms with E-state index in [0.29, 0.717) is 18.1 Å². The van der Waals surface area contributed by atoms with E-state index in [1.165, 1.54) is 12.8 Å². The van der Waals surface area contributed by atoms with Crippen LogP contribution in [0.15, 0.2) is 6.07 Å². The smallest absolute Gasteiger partial charge is 0.270 e. The fourth-order valence-corrected chi connectivity index (χ4v) is 2.40. The van der Waals surface area contributed by atoms with Gasteiger partial charge in [0.05, 0.1) is 0 Å². The maximum Gasteiger partial charge on any atom is 0.270 e. The van der Waals surface area contributed by atoms with E-state index in [4.69, 9.17) is 0 Å². The van der Waals surface area contributed by atoms with Crippen molar-refractivity contribution in [2.45, 2.75) is 40.0 Å². The number of hydrogen-bond acceptors (Lipinski definition) is 4. The lowest BCUT2D eigenvalue weighted by atomic mass is 9.99. The number of amides is 1. The normalized spacial score (nSPS) is 16.2. The number of aromatic nitrogens is 2. The van der Waals surface area contributed by atoms with Gasteiger partial charge in [0.25, 0.3) is 5.91 Å². The summed E-state index contributed by atoms with van der Waals surface area (Å²) in [4.78, 5) is 23.0. The molecule has 110 valence electrons. The van der Waals surface area contributed by atoms with Gasteiger partial charge in [0.15, 0.2) is 0 Å². The Labute approximate surface area is 120 Å². The van der Waals surface area contributed by atoms with Crippen LogP contribution in [0.25, 0.3) is 0 Å². The fraction of sp³-hybridized carbons (Fsp3) is 0.667. The van der Waals surface area contributed by atoms with Gasteiger partial charge in [0, 0.05) is 25.7 Å². The molecule has 1 fully saturated rings. The summed E-state index contributed by atoms with van der Waals surface area (Å²) in [7, 11) is 0. The lowest BCUT2D eigenvalue weighted by Crippen LogP contribution is -2.34. The van der Waals surface area contributed by atoms with Crippen molar-refractivity contribution in [3.63, 3.8) is 0 Å². The van der Waals surface area contributed by atoms with Crippen molar-refractivity contribution in [1.82, 2.24) is 15.3 Å². The third kappa shape index (κ3) is 3.68. The van der Waals surface area contributed by atoms with Gasteiger partial charge in [-0.25, -0.2) is 9.97 Å². The Bertz CT molecular complexity index is 467. The predicted molar refractivity (Wildman–Crippen MR) is 80.0 cm³/mol. The Morgan fingerprint density at radius 2 is 2.10 bits per heavy atom. The quantitative estimate of drug-likeness (QED) is 0.915. The third-order valence-corrected chi connectivity index (χ3v) is 3.70. The van der Waals surface area contributed by atoms with Gasteiger partial charge in [-0.3, -0.25) is 4.79 Å². The van der Waals surface area contributed by atoms with Crippen molar-refractivity contribution >= 4 is 11.7 Å². The Balaban J connectivity index is 2.14. The lowest BCUT2D eigenvalue weighted by molar-refractivity contribution is 0.0948. The van der Waals surface area contributed by atoms with E-state index in [-0.39, 0.29) is 5.91 Å². The van der Waals surface area contributed by atoms with Crippen LogP contribution in [-0.4, -0.2) is 35.5 Å². The summed E-state index contributed by atoms with van der Waals surface area (Å²) < 4.78 is 0. The van der Waals surface area contributed by atoms with Crippen LogP contribution in [0, 0.1) is 12.8 Å². The van der Waals surface area contributed by atoms with Crippen molar-refractivity contribution in [1.29, 1.82) is 0 Å². The molecule has 1 aromatic rings. The second-order valence-corrected chi connectivity index (χ2v) is 5.58. The van der Waals surface area contributed by atoms with Crippen LogP contribution in [0.4, 0.5) is 5.82 Å². The van der Waals surface area contributed by atoms with Crippen molar-refractivity contribution in [2.75, 3.05) is 24.5 Å². The molecule has 0 unspecified atom stereocenters. The number of carbonyl (C=O) groups is 1. The first-order chi connectivity index (χ1) is 9.60. The molecular weight excluding hydrogens is 252 g/mol. The molecule has 2 heterocycles. The molecule has 1 aliphatic rings. The standard InChI is InChI=1S/C15H24N4O/c1-4-7-16-15(20)13-10-14(18-12(3)17-13)19-8-5-11(2)6-9-19/h10-11H,4-9H2,1-3H3,(H,16,20). The molecule has 0 saturated carbocycles. The van der Waals surface area contributed by atoms with Crippen molar-refractivity contribution in [2.24, 2.45) is 5.92 Å². The first-order valence-corrected chi connectivity index (χ1v) is 7.49. The Hall–Kier alpha value is -1.65. The van der Waals surface area contributed by atoms with Crippen LogP contribution in [-0.2, 0) is 0 Å². The van der Waals surface area contributed by atoms with Gasteiger partial charge in [-0.1, -0.05) is 13.8 Å². The van der Waals surface area contributed by atoms with Crippen LogP contribution >= 0.6 is 0 Å². The third-order valence-electron chi connectivity index (χ3n) is 3.70. The highest BCUT2D eigenvalue weighted by molar-refractivity contribution is 5.92. The summed E-state index contributed by atoms with van der Waals surface area (Å²) in [5.41, 5.74) is 0.472. The first kappa shape index (κ1) is 14.8. The Kier molecular flexibility index (Phi) is 4.93. The molecule has 1 N–H and O–H groups in total. The number of rotatable bonds is 4. The van der Waals surface area contributed by atoms with E-state index in [2.05, 4.69) is 27.1 Å². The molecule has 20 heavy (non-hydrogen) atoms. The number of anilines is 1. The number of carbonyl (C=O) groups excluding carboxylic acids is 1. The van der Waals surface area contributed by atoms with Crippen LogP contribution in [0.5, 0.6) is 0 Å². The summed E-state index contributed by atoms with van der Waals surface area (Å²) in [6, 6.07) is 1.81. The highest BCUT2D eigenvalue weighted by Crippen LogP contribution is 2.21. The average molecular weight is 276 g/mol. The fourth-order valence-electron chi connectivity index (χ4n) is 2.40. The zero-order valence-electron chi connectivity index (χ0n) is 12.6. The van der Waals surface area contributed by atoms with Gasteiger partial charge in [-0.05, 0) is 32.1 Å². The molecule has 1 aliphatic heterocycles. The Morgan fingerprint density at radius 3 is 2.75 bits per heavy atom. The second kappa shape index (κ2) is 6.68. The number of piperidine rings is 1. The zero-order chi connectivity index (χ0) is 14.5. The minimum Gasteiger partial charge on any atom is -0.356 e. The molecule has 5 nitrogen and oxygen atoms in total. The Morgan fingerprint density at radius 1 is 1.40 bits per heavy atom. The molecule has 0 atom stereocenters. The highest BCUT2D eigenvalue weighted by atomic mass is 16.1. The summed E-state index contributed by atoms with van der Waals surface area (Å²) >= 11 is 0. The SMILES string of the molecule is CCCNC(=O)c1cc(N2CCC(C)CC2)nc(C)n1. The second-order valence-electron chi connectivity index (χ2n) is 5.58. The van der Waals surface area contributed by atoms with Crippen LogP contribution < -0.4 is 10.2 Å². The summed E-state index contributed by atoms with van der Waals surface area (Å²) in [6.45, 7) is 8.85. The molecule has 0 aliphatic carbocycles. The van der Waals surface area contributed by atoms with E-state index in [1.54, 1.807) is 0 Å². The largest absolute Gasteiger partial charge is 0.356 e. The summed E-state index contributed by atoms with van der Waals surface area (Å²) in [5.74, 6) is 2.21. The number of aryl methyl sites for hydroxylation is 1. The molecule has 1 saturated heterocycles. The van der Waals surface area contributed by atoms with E-state index >= 15 is 0 Å². The number of hydrogen-bond donors (Lipinski definition) is 1. The van der Waals surface area contributed by atoms with Gasteiger partial charge in [0.1, 0.15) is 17.3 Å². The van der Waals surface area contributed by atoms with Crippen molar-refractivity contribution < 1.29 is 4.79 Å². The molecule has 1 amide bonds. The van der Waals surface area contributed by atoms with Gasteiger partial charge in [-0.15, -0.1) is 0 Å². The molecule has 0 spiro atoms. The average Bonchev–Trinajstić information content (AvgIpc) is 2.44. The molecule has 5 heteroatoms. The molecular formula is C15H24N4O. The van der Waals surface area contributed by atoms with Crippen LogP contribution in [0.2, 0.25) is 0 Å². The predicted octanol–water partition coefficient (Wildman–Crippen LogP) is 2.16. The number of nitrogens with one attached hydrogen (secondary N) is 1. The zero-order valence-corrected chi connectivity index (χ0v) is 12.6. The highest BCUT2D eigenvalue weighted by Gasteiger charge is 2.19. The van der Waals surface area contributed by atoms with E-state index in [0.717, 1.165) is 31.2 Å². The van der Waals surface area contributed by atoms with Gasteiger partial charge < -0.3 is 10.2 Å². The minimum absolute atomic E-state index is 0.107. The van der Waals surface area contributed by atoms with Crippen LogP contribution in [0.1, 0.15) is 49.4 Å². The van der Waals surface area contributed by atoms with Crippen molar-refractivity contribution in [3.05, 3.63) is 17.6 Å². The van der Waals surface area contributed by atoms with E-state index in [1.807, 2.05) is 19.9 Å². The maximum absolute atomic E-state index is 12.0. The summed E-state index contributed by atoms with van der Waals surface area (Å²) in [6.07, 6.45) is 3.29. The molecule has 1 aromatic heterocycles. The summed E-state index contributed by atoms with van der Waals surface area (Å²) in [5, 5.41) is 2.87. The monoisotopic (exact) mass is 276 g/mol. The van der Waals surface area contributed by atoms with Crippen molar-refractivity contribution in [3.8, 4) is 0 Å². The number of nitrogens with zero attached hydrogens (tertiary/aromatic N) is 3.